The van der Waals surface area contributed by atoms with Crippen LogP contribution in [-0.4, -0.2) is 15.1 Å². The van der Waals surface area contributed by atoms with Crippen molar-refractivity contribution >= 4 is 51.9 Å². The van der Waals surface area contributed by atoms with Gasteiger partial charge in [-0.15, -0.1) is 0 Å². The Balaban J connectivity index is 1.56. The van der Waals surface area contributed by atoms with Gasteiger partial charge in [-0.1, -0.05) is 78.0 Å². The van der Waals surface area contributed by atoms with Gasteiger partial charge in [-0.25, -0.2) is 0 Å². The van der Waals surface area contributed by atoms with Gasteiger partial charge in [0, 0.05) is 11.6 Å². The maximum Gasteiger partial charge on any atom is 0.266 e. The number of benzene rings is 2. The molecule has 3 nitrogen and oxygen atoms in total. The minimum absolute atomic E-state index is 0.107. The molecule has 4 rings (SSSR count). The van der Waals surface area contributed by atoms with Crippen molar-refractivity contribution < 1.29 is 9.21 Å². The maximum atomic E-state index is 12.7. The number of nitrogens with zero attached hydrogens (tertiary/aromatic N) is 1. The SMILES string of the molecule is O=C1/C(=C/c2ccc(-c3ccccc3Cl)o2)SC(=S)N1Cc1ccccc1. The molecule has 0 N–H and O–H groups in total. The lowest BCUT2D eigenvalue weighted by Gasteiger charge is -2.14. The average molecular weight is 412 g/mol. The van der Waals surface area contributed by atoms with Gasteiger partial charge in [0.05, 0.1) is 16.5 Å². The maximum absolute atomic E-state index is 12.7. The number of carbonyl (C=O) groups is 1. The van der Waals surface area contributed by atoms with Crippen molar-refractivity contribution in [3.63, 3.8) is 0 Å². The molecule has 0 radical (unpaired) electrons. The number of halogens is 1. The molecular weight excluding hydrogens is 398 g/mol. The molecule has 1 saturated heterocycles. The van der Waals surface area contributed by atoms with Crippen LogP contribution >= 0.6 is 35.6 Å². The van der Waals surface area contributed by atoms with E-state index in [1.165, 1.54) is 11.8 Å². The zero-order valence-electron chi connectivity index (χ0n) is 14.1. The zero-order chi connectivity index (χ0) is 18.8. The van der Waals surface area contributed by atoms with Crippen LogP contribution in [0, 0.1) is 0 Å². The van der Waals surface area contributed by atoms with Crippen molar-refractivity contribution in [1.29, 1.82) is 0 Å². The summed E-state index contributed by atoms with van der Waals surface area (Å²) < 4.78 is 6.41. The van der Waals surface area contributed by atoms with E-state index >= 15 is 0 Å². The summed E-state index contributed by atoms with van der Waals surface area (Å²) in [5.74, 6) is 1.14. The first kappa shape index (κ1) is 18.0. The van der Waals surface area contributed by atoms with Gasteiger partial charge in [0.25, 0.3) is 5.91 Å². The van der Waals surface area contributed by atoms with Gasteiger partial charge in [0.1, 0.15) is 15.8 Å². The normalized spacial score (nSPS) is 15.7. The molecule has 2 heterocycles. The molecule has 0 saturated carbocycles. The minimum Gasteiger partial charge on any atom is -0.457 e. The highest BCUT2D eigenvalue weighted by Gasteiger charge is 2.32. The van der Waals surface area contributed by atoms with E-state index in [1.807, 2.05) is 66.7 Å². The summed E-state index contributed by atoms with van der Waals surface area (Å²) in [6, 6.07) is 20.9. The number of rotatable bonds is 4. The second kappa shape index (κ2) is 7.72. The molecule has 0 atom stereocenters. The fraction of sp³-hybridized carbons (Fsp3) is 0.0476. The van der Waals surface area contributed by atoms with Crippen LogP contribution in [0.3, 0.4) is 0 Å². The first-order valence-corrected chi connectivity index (χ1v) is 9.86. The Morgan fingerprint density at radius 3 is 2.56 bits per heavy atom. The Kier molecular flexibility index (Phi) is 5.16. The van der Waals surface area contributed by atoms with E-state index in [1.54, 1.807) is 11.0 Å². The van der Waals surface area contributed by atoms with Gasteiger partial charge in [-0.3, -0.25) is 9.69 Å². The Hall–Kier alpha value is -2.34. The van der Waals surface area contributed by atoms with Crippen LogP contribution in [0.4, 0.5) is 0 Å². The number of carbonyl (C=O) groups excluding carboxylic acids is 1. The predicted molar refractivity (Wildman–Crippen MR) is 114 cm³/mol. The van der Waals surface area contributed by atoms with Crippen LogP contribution in [0.2, 0.25) is 5.02 Å². The zero-order valence-corrected chi connectivity index (χ0v) is 16.5. The summed E-state index contributed by atoms with van der Waals surface area (Å²) in [6.45, 7) is 0.464. The Morgan fingerprint density at radius 2 is 1.78 bits per heavy atom. The quantitative estimate of drug-likeness (QED) is 0.389. The molecule has 3 aromatic rings. The van der Waals surface area contributed by atoms with Gasteiger partial charge in [0.15, 0.2) is 0 Å². The summed E-state index contributed by atoms with van der Waals surface area (Å²) in [5.41, 5.74) is 1.85. The van der Waals surface area contributed by atoms with E-state index in [4.69, 9.17) is 28.2 Å². The van der Waals surface area contributed by atoms with E-state index in [0.29, 0.717) is 32.3 Å². The molecular formula is C21H14ClNO2S2. The van der Waals surface area contributed by atoms with Crippen LogP contribution in [0.15, 0.2) is 76.1 Å². The first-order valence-electron chi connectivity index (χ1n) is 8.26. The van der Waals surface area contributed by atoms with Gasteiger partial charge in [-0.2, -0.15) is 0 Å². The smallest absolute Gasteiger partial charge is 0.266 e. The summed E-state index contributed by atoms with van der Waals surface area (Å²) >= 11 is 12.9. The minimum atomic E-state index is -0.107. The molecule has 1 aromatic heterocycles. The van der Waals surface area contributed by atoms with Crippen molar-refractivity contribution in [3.05, 3.63) is 88.0 Å². The van der Waals surface area contributed by atoms with Crippen LogP contribution in [0.5, 0.6) is 0 Å². The highest BCUT2D eigenvalue weighted by atomic mass is 35.5. The molecule has 0 unspecified atom stereocenters. The van der Waals surface area contributed by atoms with Gasteiger partial charge < -0.3 is 4.42 Å². The molecule has 1 aliphatic rings. The van der Waals surface area contributed by atoms with E-state index in [0.717, 1.165) is 11.1 Å². The number of thiocarbonyl (C=S) groups is 1. The van der Waals surface area contributed by atoms with Crippen LogP contribution in [0.1, 0.15) is 11.3 Å². The summed E-state index contributed by atoms with van der Waals surface area (Å²) in [6.07, 6.45) is 1.73. The lowest BCUT2D eigenvalue weighted by Crippen LogP contribution is -2.27. The molecule has 1 amide bonds. The average Bonchev–Trinajstić information content (AvgIpc) is 3.23. The summed E-state index contributed by atoms with van der Waals surface area (Å²) in [7, 11) is 0. The third kappa shape index (κ3) is 3.86. The van der Waals surface area contributed by atoms with E-state index in [-0.39, 0.29) is 5.91 Å². The Bertz CT molecular complexity index is 1040. The lowest BCUT2D eigenvalue weighted by molar-refractivity contribution is -0.122. The fourth-order valence-electron chi connectivity index (χ4n) is 2.77. The topological polar surface area (TPSA) is 33.5 Å². The molecule has 0 spiro atoms. The number of hydrogen-bond donors (Lipinski definition) is 0. The molecule has 134 valence electrons. The molecule has 1 fully saturated rings. The van der Waals surface area contributed by atoms with Crippen LogP contribution < -0.4 is 0 Å². The number of thioether (sulfide) groups is 1. The van der Waals surface area contributed by atoms with E-state index < -0.39 is 0 Å². The first-order chi connectivity index (χ1) is 13.1. The van der Waals surface area contributed by atoms with Crippen molar-refractivity contribution in [3.8, 4) is 11.3 Å². The largest absolute Gasteiger partial charge is 0.457 e. The third-order valence-electron chi connectivity index (χ3n) is 4.10. The molecule has 0 aliphatic carbocycles. The van der Waals surface area contributed by atoms with Gasteiger partial charge in [-0.05, 0) is 29.8 Å². The molecule has 6 heteroatoms. The summed E-state index contributed by atoms with van der Waals surface area (Å²) in [4.78, 5) is 14.9. The Labute approximate surface area is 171 Å². The van der Waals surface area contributed by atoms with E-state index in [9.17, 15) is 4.79 Å². The molecule has 0 bridgehead atoms. The lowest BCUT2D eigenvalue weighted by atomic mass is 10.2. The second-order valence-corrected chi connectivity index (χ2v) is 8.02. The molecule has 2 aromatic carbocycles. The van der Waals surface area contributed by atoms with Gasteiger partial charge in [0.2, 0.25) is 0 Å². The predicted octanol–water partition coefficient (Wildman–Crippen LogP) is 6.00. The van der Waals surface area contributed by atoms with Crippen molar-refractivity contribution in [1.82, 2.24) is 4.90 Å². The third-order valence-corrected chi connectivity index (χ3v) is 5.80. The number of furan rings is 1. The molecule has 1 aliphatic heterocycles. The van der Waals surface area contributed by atoms with Crippen molar-refractivity contribution in [2.45, 2.75) is 6.54 Å². The number of hydrogen-bond acceptors (Lipinski definition) is 4. The van der Waals surface area contributed by atoms with Crippen LogP contribution in [0.25, 0.3) is 17.4 Å². The number of amides is 1. The Morgan fingerprint density at radius 1 is 1.04 bits per heavy atom. The highest BCUT2D eigenvalue weighted by molar-refractivity contribution is 8.26. The fourth-order valence-corrected chi connectivity index (χ4v) is 4.23. The summed E-state index contributed by atoms with van der Waals surface area (Å²) in [5, 5.41) is 0.618. The van der Waals surface area contributed by atoms with Crippen molar-refractivity contribution in [2.24, 2.45) is 0 Å². The van der Waals surface area contributed by atoms with Gasteiger partial charge >= 0.3 is 0 Å². The monoisotopic (exact) mass is 411 g/mol. The standard InChI is InChI=1S/C21H14ClNO2S2/c22-17-9-5-4-8-16(17)18-11-10-15(25-18)12-19-20(24)23(21(26)27-19)13-14-6-2-1-3-7-14/h1-12H,13H2/b19-12-. The molecule has 27 heavy (non-hydrogen) atoms. The van der Waals surface area contributed by atoms with Crippen LogP contribution in [-0.2, 0) is 11.3 Å². The van der Waals surface area contributed by atoms with Crippen molar-refractivity contribution in [2.75, 3.05) is 0 Å². The highest BCUT2D eigenvalue weighted by Crippen LogP contribution is 2.35. The second-order valence-electron chi connectivity index (χ2n) is 5.94. The van der Waals surface area contributed by atoms with E-state index in [2.05, 4.69) is 0 Å².